The van der Waals surface area contributed by atoms with Crippen molar-refractivity contribution in [3.63, 3.8) is 0 Å². The molecule has 0 bridgehead atoms. The van der Waals surface area contributed by atoms with E-state index >= 15 is 0 Å². The molecule has 0 saturated carbocycles. The second kappa shape index (κ2) is 9.20. The Morgan fingerprint density at radius 3 is 2.61 bits per heavy atom. The molecule has 0 N–H and O–H groups in total. The quantitative estimate of drug-likeness (QED) is 0.685. The number of rotatable bonds is 5. The van der Waals surface area contributed by atoms with Crippen molar-refractivity contribution in [2.24, 2.45) is 0 Å². The molecule has 0 unspecified atom stereocenters. The van der Waals surface area contributed by atoms with Crippen LogP contribution in [0.25, 0.3) is 5.57 Å². The Kier molecular flexibility index (Phi) is 6.21. The van der Waals surface area contributed by atoms with Crippen LogP contribution < -0.4 is 4.90 Å². The Morgan fingerprint density at radius 1 is 1.10 bits per heavy atom. The van der Waals surface area contributed by atoms with Crippen LogP contribution in [0.5, 0.6) is 0 Å². The van der Waals surface area contributed by atoms with Crippen molar-refractivity contribution < 1.29 is 9.53 Å². The third-order valence-corrected chi connectivity index (χ3v) is 5.93. The zero-order valence-corrected chi connectivity index (χ0v) is 18.3. The molecule has 0 saturated heterocycles. The fraction of sp³-hybridized carbons (Fsp3) is 0.375. The Labute approximate surface area is 182 Å². The van der Waals surface area contributed by atoms with E-state index in [1.807, 2.05) is 0 Å². The van der Waals surface area contributed by atoms with E-state index in [2.05, 4.69) is 68.0 Å². The lowest BCUT2D eigenvalue weighted by Crippen LogP contribution is -2.29. The minimum absolute atomic E-state index is 0.209. The van der Waals surface area contributed by atoms with Crippen LogP contribution in [0.3, 0.4) is 0 Å². The van der Waals surface area contributed by atoms with Gasteiger partial charge in [-0.05, 0) is 55.4 Å². The molecule has 1 aliphatic carbocycles. The van der Waals surface area contributed by atoms with Gasteiger partial charge < -0.3 is 9.64 Å². The number of anilines is 1. The number of carbonyl (C=O) groups is 1. The second-order valence-electron chi connectivity index (χ2n) is 7.86. The third kappa shape index (κ3) is 4.55. The Bertz CT molecular complexity index is 1070. The highest BCUT2D eigenvalue weighted by atomic mass is 16.5. The maximum absolute atomic E-state index is 11.5. The van der Waals surface area contributed by atoms with Gasteiger partial charge in [0.2, 0.25) is 0 Å². The summed E-state index contributed by atoms with van der Waals surface area (Å²) in [5, 5.41) is 9.17. The van der Waals surface area contributed by atoms with Gasteiger partial charge in [-0.3, -0.25) is 0 Å². The highest BCUT2D eigenvalue weighted by Gasteiger charge is 2.20. The predicted molar refractivity (Wildman–Crippen MR) is 120 cm³/mol. The summed E-state index contributed by atoms with van der Waals surface area (Å²) in [5.74, 6) is 0.259. The van der Waals surface area contributed by atoms with Gasteiger partial charge in [0.05, 0.1) is 30.9 Å². The van der Waals surface area contributed by atoms with Crippen molar-refractivity contribution in [2.75, 3.05) is 25.1 Å². The van der Waals surface area contributed by atoms with Gasteiger partial charge in [0.25, 0.3) is 0 Å². The molecule has 0 fully saturated rings. The molecule has 2 aliphatic rings. The van der Waals surface area contributed by atoms with Crippen molar-refractivity contribution in [3.05, 3.63) is 70.5 Å². The van der Waals surface area contributed by atoms with Crippen molar-refractivity contribution >= 4 is 17.4 Å². The van der Waals surface area contributed by atoms with E-state index in [1.165, 1.54) is 35.6 Å². The largest absolute Gasteiger partial charge is 0.464 e. The van der Waals surface area contributed by atoms with Crippen LogP contribution in [0, 0.1) is 13.8 Å². The van der Waals surface area contributed by atoms with Crippen molar-refractivity contribution in [2.45, 2.75) is 39.5 Å². The van der Waals surface area contributed by atoms with E-state index in [1.54, 1.807) is 6.20 Å². The maximum Gasteiger partial charge on any atom is 0.358 e. The van der Waals surface area contributed by atoms with Crippen LogP contribution in [0.4, 0.5) is 5.82 Å². The van der Waals surface area contributed by atoms with Gasteiger partial charge in [-0.15, -0.1) is 0 Å². The van der Waals surface area contributed by atoms with E-state index in [4.69, 9.17) is 0 Å². The fourth-order valence-electron chi connectivity index (χ4n) is 3.91. The molecule has 1 aliphatic heterocycles. The zero-order valence-electron chi connectivity index (χ0n) is 18.3. The van der Waals surface area contributed by atoms with Crippen molar-refractivity contribution in [1.29, 1.82) is 0 Å². The van der Waals surface area contributed by atoms with Gasteiger partial charge >= 0.3 is 5.97 Å². The maximum atomic E-state index is 11.5. The van der Waals surface area contributed by atoms with E-state index in [9.17, 15) is 4.79 Å². The number of aromatic nitrogens is 4. The van der Waals surface area contributed by atoms with E-state index in [0.29, 0.717) is 6.54 Å². The minimum atomic E-state index is -0.483. The SMILES string of the molecule is COC(=O)c1cnc(N2CC=C(c3nnc(CC4=CCCC=C4)c(C)c3C)CC2)cn1. The summed E-state index contributed by atoms with van der Waals surface area (Å²) >= 11 is 0. The molecular formula is C24H27N5O2. The molecule has 160 valence electrons. The molecule has 0 aromatic carbocycles. The van der Waals surface area contributed by atoms with Gasteiger partial charge in [-0.25, -0.2) is 14.8 Å². The second-order valence-corrected chi connectivity index (χ2v) is 7.86. The van der Waals surface area contributed by atoms with Crippen LogP contribution in [0.2, 0.25) is 0 Å². The number of carbonyl (C=O) groups excluding carboxylic acids is 1. The summed E-state index contributed by atoms with van der Waals surface area (Å²) in [5.41, 5.74) is 7.21. The number of ether oxygens (including phenoxy) is 1. The molecule has 0 atom stereocenters. The summed E-state index contributed by atoms with van der Waals surface area (Å²) < 4.78 is 4.67. The van der Waals surface area contributed by atoms with Crippen LogP contribution in [0.15, 0.2) is 42.3 Å². The first-order valence-corrected chi connectivity index (χ1v) is 10.6. The number of hydrogen-bond donors (Lipinski definition) is 0. The van der Waals surface area contributed by atoms with Crippen LogP contribution in [0.1, 0.15) is 52.3 Å². The summed E-state index contributed by atoms with van der Waals surface area (Å²) in [6, 6.07) is 0. The molecule has 7 heteroatoms. The smallest absolute Gasteiger partial charge is 0.358 e. The Balaban J connectivity index is 1.47. The first-order chi connectivity index (χ1) is 15.1. The van der Waals surface area contributed by atoms with Crippen molar-refractivity contribution in [1.82, 2.24) is 20.2 Å². The fourth-order valence-corrected chi connectivity index (χ4v) is 3.91. The summed E-state index contributed by atoms with van der Waals surface area (Å²) in [4.78, 5) is 22.2. The topological polar surface area (TPSA) is 81.1 Å². The monoisotopic (exact) mass is 417 g/mol. The number of esters is 1. The summed E-state index contributed by atoms with van der Waals surface area (Å²) in [7, 11) is 1.33. The van der Waals surface area contributed by atoms with Crippen molar-refractivity contribution in [3.8, 4) is 0 Å². The molecule has 3 heterocycles. The highest BCUT2D eigenvalue weighted by Crippen LogP contribution is 2.28. The van der Waals surface area contributed by atoms with Gasteiger partial charge in [0.1, 0.15) is 5.82 Å². The third-order valence-electron chi connectivity index (χ3n) is 5.93. The first kappa shape index (κ1) is 20.9. The molecular weight excluding hydrogens is 390 g/mol. The Morgan fingerprint density at radius 2 is 1.97 bits per heavy atom. The molecule has 0 radical (unpaired) electrons. The number of allylic oxidation sites excluding steroid dienone is 4. The molecule has 2 aromatic heterocycles. The van der Waals surface area contributed by atoms with Gasteiger partial charge in [-0.1, -0.05) is 24.3 Å². The number of hydrogen-bond acceptors (Lipinski definition) is 7. The molecule has 31 heavy (non-hydrogen) atoms. The van der Waals surface area contributed by atoms with E-state index in [-0.39, 0.29) is 5.69 Å². The number of methoxy groups -OCH3 is 1. The van der Waals surface area contributed by atoms with E-state index in [0.717, 1.165) is 49.4 Å². The number of nitrogens with zero attached hydrogens (tertiary/aromatic N) is 5. The zero-order chi connectivity index (χ0) is 21.8. The van der Waals surface area contributed by atoms with Crippen LogP contribution >= 0.6 is 0 Å². The Hall–Kier alpha value is -3.35. The van der Waals surface area contributed by atoms with Crippen LogP contribution in [-0.4, -0.2) is 46.3 Å². The van der Waals surface area contributed by atoms with Gasteiger partial charge in [-0.2, -0.15) is 10.2 Å². The standard InChI is InChI=1S/C24H27N5O2/c1-16-17(2)23(28-27-20(16)13-18-7-5-4-6-8-18)19-9-11-29(12-10-19)22-15-25-21(14-26-22)24(30)31-3/h5,7-9,14-15H,4,6,10-13H2,1-3H3. The summed E-state index contributed by atoms with van der Waals surface area (Å²) in [6.07, 6.45) is 15.9. The predicted octanol–water partition coefficient (Wildman–Crippen LogP) is 3.78. The average Bonchev–Trinajstić information content (AvgIpc) is 2.83. The first-order valence-electron chi connectivity index (χ1n) is 10.6. The molecule has 0 amide bonds. The lowest BCUT2D eigenvalue weighted by molar-refractivity contribution is 0.0593. The lowest BCUT2D eigenvalue weighted by Gasteiger charge is -2.27. The van der Waals surface area contributed by atoms with E-state index < -0.39 is 5.97 Å². The highest BCUT2D eigenvalue weighted by molar-refractivity contribution is 5.86. The minimum Gasteiger partial charge on any atom is -0.464 e. The lowest BCUT2D eigenvalue weighted by atomic mass is 9.95. The van der Waals surface area contributed by atoms with Gasteiger partial charge in [0, 0.05) is 19.5 Å². The molecule has 0 spiro atoms. The summed E-state index contributed by atoms with van der Waals surface area (Å²) in [6.45, 7) is 5.79. The average molecular weight is 418 g/mol. The normalized spacial score (nSPS) is 16.0. The molecule has 7 nitrogen and oxygen atoms in total. The molecule has 2 aromatic rings. The van der Waals surface area contributed by atoms with Gasteiger partial charge in [0.15, 0.2) is 5.69 Å². The molecule has 4 rings (SSSR count). The van der Waals surface area contributed by atoms with Crippen LogP contribution in [-0.2, 0) is 11.2 Å².